The lowest BCUT2D eigenvalue weighted by molar-refractivity contribution is -0.114. The molecule has 0 aliphatic heterocycles. The van der Waals surface area contributed by atoms with Crippen molar-refractivity contribution in [1.82, 2.24) is 0 Å². The monoisotopic (exact) mass is 299 g/mol. The first-order chi connectivity index (χ1) is 10.5. The smallest absolute Gasteiger partial charge is 0.221 e. The van der Waals surface area contributed by atoms with Gasteiger partial charge in [-0.1, -0.05) is 25.1 Å². The van der Waals surface area contributed by atoms with Crippen LogP contribution >= 0.6 is 0 Å². The van der Waals surface area contributed by atoms with Gasteiger partial charge in [0, 0.05) is 30.5 Å². The predicted molar refractivity (Wildman–Crippen MR) is 95.1 cm³/mol. The van der Waals surface area contributed by atoms with Crippen LogP contribution in [0.1, 0.15) is 25.8 Å². The first-order valence-corrected chi connectivity index (χ1v) is 7.45. The Balaban J connectivity index is 0.000000287. The van der Waals surface area contributed by atoms with Gasteiger partial charge in [0.05, 0.1) is 0 Å². The van der Waals surface area contributed by atoms with Crippen LogP contribution in [0.25, 0.3) is 0 Å². The second kappa shape index (κ2) is 9.45. The molecule has 1 amide bonds. The molecule has 0 aromatic heterocycles. The number of anilines is 3. The van der Waals surface area contributed by atoms with Crippen LogP contribution in [0, 0.1) is 6.92 Å². The van der Waals surface area contributed by atoms with Gasteiger partial charge in [0.15, 0.2) is 0 Å². The van der Waals surface area contributed by atoms with Crippen LogP contribution in [0.15, 0.2) is 48.5 Å². The van der Waals surface area contributed by atoms with E-state index in [-0.39, 0.29) is 5.91 Å². The molecule has 0 spiro atoms. The number of carbonyl (C=O) groups excluding carboxylic acids is 1. The normalized spacial score (nSPS) is 9.41. The molecule has 2 aromatic carbocycles. The summed E-state index contributed by atoms with van der Waals surface area (Å²) in [7, 11) is 0. The number of amides is 1. The summed E-state index contributed by atoms with van der Waals surface area (Å²) >= 11 is 0. The zero-order valence-electron chi connectivity index (χ0n) is 13.5. The van der Waals surface area contributed by atoms with Gasteiger partial charge in [0.1, 0.15) is 0 Å². The third-order valence-electron chi connectivity index (χ3n) is 2.91. The van der Waals surface area contributed by atoms with Gasteiger partial charge in [-0.25, -0.2) is 0 Å². The van der Waals surface area contributed by atoms with Crippen LogP contribution in [0.2, 0.25) is 0 Å². The molecule has 0 bridgehead atoms. The second-order valence-corrected chi connectivity index (χ2v) is 5.05. The molecule has 0 radical (unpaired) electrons. The number of hydrogen-bond acceptors (Lipinski definition) is 3. The van der Waals surface area contributed by atoms with E-state index in [9.17, 15) is 4.79 Å². The minimum Gasteiger partial charge on any atom is -0.399 e. The molecular weight excluding hydrogens is 274 g/mol. The maximum Gasteiger partial charge on any atom is 0.221 e. The molecule has 118 valence electrons. The molecule has 4 heteroatoms. The van der Waals surface area contributed by atoms with E-state index >= 15 is 0 Å². The second-order valence-electron chi connectivity index (χ2n) is 5.05. The number of rotatable bonds is 4. The SMILES string of the molecule is CCCNc1ccc(NC(C)=O)cc1C.Nc1ccccc1. The average Bonchev–Trinajstić information content (AvgIpc) is 2.47. The van der Waals surface area contributed by atoms with Gasteiger partial charge in [-0.2, -0.15) is 0 Å². The third kappa shape index (κ3) is 6.79. The summed E-state index contributed by atoms with van der Waals surface area (Å²) in [4.78, 5) is 10.9. The Hall–Kier alpha value is -2.49. The summed E-state index contributed by atoms with van der Waals surface area (Å²) < 4.78 is 0. The quantitative estimate of drug-likeness (QED) is 0.746. The number of hydrogen-bond donors (Lipinski definition) is 3. The first kappa shape index (κ1) is 17.6. The molecule has 22 heavy (non-hydrogen) atoms. The molecule has 0 unspecified atom stereocenters. The molecular formula is C18H25N3O. The van der Waals surface area contributed by atoms with Crippen molar-refractivity contribution in [3.8, 4) is 0 Å². The molecule has 0 atom stereocenters. The van der Waals surface area contributed by atoms with Crippen molar-refractivity contribution in [2.45, 2.75) is 27.2 Å². The van der Waals surface area contributed by atoms with Gasteiger partial charge in [-0.3, -0.25) is 4.79 Å². The molecule has 4 nitrogen and oxygen atoms in total. The summed E-state index contributed by atoms with van der Waals surface area (Å²) in [6, 6.07) is 15.4. The lowest BCUT2D eigenvalue weighted by Crippen LogP contribution is -2.07. The number of nitrogen functional groups attached to an aromatic ring is 1. The molecule has 2 aromatic rings. The molecule has 0 heterocycles. The van der Waals surface area contributed by atoms with Crippen molar-refractivity contribution < 1.29 is 4.79 Å². The summed E-state index contributed by atoms with van der Waals surface area (Å²) in [5.41, 5.74) is 9.31. The molecule has 0 fully saturated rings. The number of nitrogens with two attached hydrogens (primary N) is 1. The Morgan fingerprint density at radius 2 is 1.82 bits per heavy atom. The Morgan fingerprint density at radius 1 is 1.14 bits per heavy atom. The fourth-order valence-corrected chi connectivity index (χ4v) is 1.86. The predicted octanol–water partition coefficient (Wildman–Crippen LogP) is 4.04. The van der Waals surface area contributed by atoms with Crippen LogP contribution in [-0.2, 0) is 4.79 Å². The topological polar surface area (TPSA) is 67.1 Å². The fraction of sp³-hybridized carbons (Fsp3) is 0.278. The Morgan fingerprint density at radius 3 is 2.27 bits per heavy atom. The van der Waals surface area contributed by atoms with Crippen LogP contribution in [0.5, 0.6) is 0 Å². The zero-order valence-corrected chi connectivity index (χ0v) is 13.5. The fourth-order valence-electron chi connectivity index (χ4n) is 1.86. The number of aryl methyl sites for hydroxylation is 1. The van der Waals surface area contributed by atoms with Crippen molar-refractivity contribution in [2.24, 2.45) is 0 Å². The number of benzene rings is 2. The van der Waals surface area contributed by atoms with E-state index in [2.05, 4.69) is 17.6 Å². The Labute approximate surface area is 132 Å². The number of carbonyl (C=O) groups is 1. The van der Waals surface area contributed by atoms with Crippen LogP contribution in [0.3, 0.4) is 0 Å². The maximum atomic E-state index is 10.9. The minimum absolute atomic E-state index is 0.0383. The first-order valence-electron chi connectivity index (χ1n) is 7.45. The molecule has 2 rings (SSSR count). The third-order valence-corrected chi connectivity index (χ3v) is 2.91. The number of para-hydroxylation sites is 1. The molecule has 0 aliphatic carbocycles. The highest BCUT2D eigenvalue weighted by Gasteiger charge is 2.00. The van der Waals surface area contributed by atoms with Crippen molar-refractivity contribution in [2.75, 3.05) is 22.9 Å². The summed E-state index contributed by atoms with van der Waals surface area (Å²) in [6.07, 6.45) is 1.10. The summed E-state index contributed by atoms with van der Waals surface area (Å²) in [6.45, 7) is 6.65. The van der Waals surface area contributed by atoms with Gasteiger partial charge < -0.3 is 16.4 Å². The van der Waals surface area contributed by atoms with Crippen molar-refractivity contribution in [3.05, 3.63) is 54.1 Å². The average molecular weight is 299 g/mol. The van der Waals surface area contributed by atoms with E-state index in [4.69, 9.17) is 5.73 Å². The van der Waals surface area contributed by atoms with E-state index in [1.165, 1.54) is 6.92 Å². The Bertz CT molecular complexity index is 582. The summed E-state index contributed by atoms with van der Waals surface area (Å²) in [5, 5.41) is 6.09. The molecule has 4 N–H and O–H groups in total. The van der Waals surface area contributed by atoms with E-state index in [1.54, 1.807) is 0 Å². The van der Waals surface area contributed by atoms with E-state index in [1.807, 2.05) is 55.5 Å². The molecule has 0 saturated heterocycles. The van der Waals surface area contributed by atoms with Crippen molar-refractivity contribution in [1.29, 1.82) is 0 Å². The highest BCUT2D eigenvalue weighted by atomic mass is 16.1. The van der Waals surface area contributed by atoms with E-state index in [0.717, 1.165) is 35.6 Å². The van der Waals surface area contributed by atoms with Gasteiger partial charge in [-0.15, -0.1) is 0 Å². The van der Waals surface area contributed by atoms with E-state index in [0.29, 0.717) is 0 Å². The Kier molecular flexibility index (Phi) is 7.54. The minimum atomic E-state index is -0.0383. The molecule has 0 aliphatic rings. The largest absolute Gasteiger partial charge is 0.399 e. The van der Waals surface area contributed by atoms with Gasteiger partial charge in [0.2, 0.25) is 5.91 Å². The van der Waals surface area contributed by atoms with Crippen LogP contribution < -0.4 is 16.4 Å². The highest BCUT2D eigenvalue weighted by molar-refractivity contribution is 5.89. The van der Waals surface area contributed by atoms with Gasteiger partial charge >= 0.3 is 0 Å². The van der Waals surface area contributed by atoms with Crippen LogP contribution in [-0.4, -0.2) is 12.5 Å². The van der Waals surface area contributed by atoms with E-state index < -0.39 is 0 Å². The zero-order chi connectivity index (χ0) is 16.4. The lowest BCUT2D eigenvalue weighted by atomic mass is 10.1. The highest BCUT2D eigenvalue weighted by Crippen LogP contribution is 2.19. The molecule has 0 saturated carbocycles. The van der Waals surface area contributed by atoms with Gasteiger partial charge in [-0.05, 0) is 49.2 Å². The summed E-state index contributed by atoms with van der Waals surface area (Å²) in [5.74, 6) is -0.0383. The van der Waals surface area contributed by atoms with Gasteiger partial charge in [0.25, 0.3) is 0 Å². The van der Waals surface area contributed by atoms with Crippen molar-refractivity contribution >= 4 is 23.0 Å². The van der Waals surface area contributed by atoms with Crippen LogP contribution in [0.4, 0.5) is 17.1 Å². The standard InChI is InChI=1S/C12H18N2O.C6H7N/c1-4-7-13-12-6-5-11(8-9(12)2)14-10(3)15;7-6-4-2-1-3-5-6/h5-6,8,13H,4,7H2,1-3H3,(H,14,15);1-5H,7H2. The number of nitrogens with one attached hydrogen (secondary N) is 2. The van der Waals surface area contributed by atoms with Crippen molar-refractivity contribution in [3.63, 3.8) is 0 Å². The lowest BCUT2D eigenvalue weighted by Gasteiger charge is -2.10. The maximum absolute atomic E-state index is 10.9.